The SMILES string of the molecule is Cc1cc(Br)c(NCc2nccn2C(F)F)c(Br)c1. The zero-order chi connectivity index (χ0) is 14.0. The smallest absolute Gasteiger partial charge is 0.319 e. The van der Waals surface area contributed by atoms with E-state index in [0.29, 0.717) is 0 Å². The first-order chi connectivity index (χ1) is 8.99. The van der Waals surface area contributed by atoms with Crippen molar-refractivity contribution in [3.8, 4) is 0 Å². The van der Waals surface area contributed by atoms with Crippen molar-refractivity contribution in [2.75, 3.05) is 5.32 Å². The molecule has 1 N–H and O–H groups in total. The van der Waals surface area contributed by atoms with Crippen LogP contribution < -0.4 is 5.32 Å². The predicted octanol–water partition coefficient (Wildman–Crippen LogP) is 4.72. The van der Waals surface area contributed by atoms with E-state index in [0.717, 1.165) is 24.8 Å². The Bertz CT molecular complexity index is 561. The summed E-state index contributed by atoms with van der Waals surface area (Å²) in [7, 11) is 0. The van der Waals surface area contributed by atoms with Gasteiger partial charge in [-0.25, -0.2) is 4.98 Å². The van der Waals surface area contributed by atoms with Gasteiger partial charge >= 0.3 is 6.55 Å². The van der Waals surface area contributed by atoms with Crippen LogP contribution in [-0.2, 0) is 6.54 Å². The molecule has 2 aromatic rings. The minimum Gasteiger partial charge on any atom is -0.376 e. The minimum absolute atomic E-state index is 0.220. The van der Waals surface area contributed by atoms with Gasteiger partial charge in [0.25, 0.3) is 0 Å². The zero-order valence-electron chi connectivity index (χ0n) is 10.0. The van der Waals surface area contributed by atoms with Crippen molar-refractivity contribution < 1.29 is 8.78 Å². The summed E-state index contributed by atoms with van der Waals surface area (Å²) in [6.45, 7) is -0.385. The second kappa shape index (κ2) is 6.00. The van der Waals surface area contributed by atoms with Crippen molar-refractivity contribution in [3.05, 3.63) is 44.9 Å². The molecular formula is C12H11Br2F2N3. The lowest BCUT2D eigenvalue weighted by Crippen LogP contribution is -2.09. The molecule has 0 aliphatic carbocycles. The van der Waals surface area contributed by atoms with Gasteiger partial charge in [0, 0.05) is 21.3 Å². The molecule has 0 radical (unpaired) electrons. The van der Waals surface area contributed by atoms with E-state index in [9.17, 15) is 8.78 Å². The van der Waals surface area contributed by atoms with Crippen molar-refractivity contribution >= 4 is 37.5 Å². The lowest BCUT2D eigenvalue weighted by atomic mass is 10.2. The third kappa shape index (κ3) is 3.33. The van der Waals surface area contributed by atoms with Gasteiger partial charge in [-0.05, 0) is 56.5 Å². The molecule has 7 heteroatoms. The van der Waals surface area contributed by atoms with Crippen molar-refractivity contribution in [1.29, 1.82) is 0 Å². The van der Waals surface area contributed by atoms with E-state index >= 15 is 0 Å². The number of aryl methyl sites for hydroxylation is 1. The summed E-state index contributed by atoms with van der Waals surface area (Å²) in [6, 6.07) is 3.90. The quantitative estimate of drug-likeness (QED) is 0.812. The molecule has 0 saturated carbocycles. The van der Waals surface area contributed by atoms with E-state index in [-0.39, 0.29) is 12.4 Å². The number of nitrogens with one attached hydrogen (secondary N) is 1. The van der Waals surface area contributed by atoms with E-state index in [1.807, 2.05) is 19.1 Å². The van der Waals surface area contributed by atoms with Crippen LogP contribution in [0.4, 0.5) is 14.5 Å². The van der Waals surface area contributed by atoms with Crippen LogP contribution in [0.2, 0.25) is 0 Å². The van der Waals surface area contributed by atoms with Gasteiger partial charge in [0.2, 0.25) is 0 Å². The molecular weight excluding hydrogens is 384 g/mol. The summed E-state index contributed by atoms with van der Waals surface area (Å²) in [5.41, 5.74) is 1.91. The van der Waals surface area contributed by atoms with E-state index in [2.05, 4.69) is 42.2 Å². The molecule has 0 aliphatic rings. The van der Waals surface area contributed by atoms with Crippen LogP contribution in [0.3, 0.4) is 0 Å². The number of anilines is 1. The highest BCUT2D eigenvalue weighted by molar-refractivity contribution is 9.11. The van der Waals surface area contributed by atoms with E-state index in [1.165, 1.54) is 12.4 Å². The van der Waals surface area contributed by atoms with E-state index in [4.69, 9.17) is 0 Å². The Kier molecular flexibility index (Phi) is 4.57. The van der Waals surface area contributed by atoms with Crippen molar-refractivity contribution in [3.63, 3.8) is 0 Å². The van der Waals surface area contributed by atoms with Gasteiger partial charge in [-0.3, -0.25) is 4.57 Å². The fourth-order valence-corrected chi connectivity index (χ4v) is 3.39. The van der Waals surface area contributed by atoms with Gasteiger partial charge in [0.05, 0.1) is 12.2 Å². The Morgan fingerprint density at radius 1 is 1.32 bits per heavy atom. The average molecular weight is 395 g/mol. The molecule has 1 aromatic carbocycles. The zero-order valence-corrected chi connectivity index (χ0v) is 13.2. The normalized spacial score (nSPS) is 11.1. The minimum atomic E-state index is -2.58. The first kappa shape index (κ1) is 14.5. The number of rotatable bonds is 4. The summed E-state index contributed by atoms with van der Waals surface area (Å²) in [6.07, 6.45) is 2.63. The van der Waals surface area contributed by atoms with Gasteiger partial charge in [0.15, 0.2) is 0 Å². The molecule has 1 heterocycles. The molecule has 19 heavy (non-hydrogen) atoms. The molecule has 0 unspecified atom stereocenters. The lowest BCUT2D eigenvalue weighted by molar-refractivity contribution is 0.0673. The maximum absolute atomic E-state index is 12.7. The van der Waals surface area contributed by atoms with Gasteiger partial charge in [-0.1, -0.05) is 0 Å². The monoisotopic (exact) mass is 393 g/mol. The highest BCUT2D eigenvalue weighted by Crippen LogP contribution is 2.32. The maximum atomic E-state index is 12.7. The molecule has 3 nitrogen and oxygen atoms in total. The van der Waals surface area contributed by atoms with Gasteiger partial charge in [-0.2, -0.15) is 8.78 Å². The third-order valence-electron chi connectivity index (χ3n) is 2.57. The van der Waals surface area contributed by atoms with Crippen LogP contribution in [0.1, 0.15) is 17.9 Å². The number of halogens is 4. The molecule has 0 amide bonds. The van der Waals surface area contributed by atoms with Crippen LogP contribution >= 0.6 is 31.9 Å². The molecule has 0 fully saturated rings. The Morgan fingerprint density at radius 2 is 1.95 bits per heavy atom. The highest BCUT2D eigenvalue weighted by Gasteiger charge is 2.12. The molecule has 0 aliphatic heterocycles. The Labute approximate surface area is 126 Å². The van der Waals surface area contributed by atoms with Crippen LogP contribution in [0.15, 0.2) is 33.5 Å². The summed E-state index contributed by atoms with van der Waals surface area (Å²) in [4.78, 5) is 3.92. The predicted molar refractivity (Wildman–Crippen MR) is 77.4 cm³/mol. The topological polar surface area (TPSA) is 29.9 Å². The molecule has 1 aromatic heterocycles. The van der Waals surface area contributed by atoms with E-state index < -0.39 is 6.55 Å². The number of aromatic nitrogens is 2. The number of nitrogens with zero attached hydrogens (tertiary/aromatic N) is 2. The number of alkyl halides is 2. The van der Waals surface area contributed by atoms with Crippen LogP contribution in [0.5, 0.6) is 0 Å². The van der Waals surface area contributed by atoms with Crippen molar-refractivity contribution in [2.24, 2.45) is 0 Å². The average Bonchev–Trinajstić information content (AvgIpc) is 2.75. The molecule has 2 rings (SSSR count). The number of hydrogen-bond donors (Lipinski definition) is 1. The first-order valence-corrected chi connectivity index (χ1v) is 7.07. The third-order valence-corrected chi connectivity index (χ3v) is 3.82. The second-order valence-electron chi connectivity index (χ2n) is 3.99. The molecule has 0 bridgehead atoms. The Balaban J connectivity index is 2.17. The maximum Gasteiger partial charge on any atom is 0.319 e. The molecule has 0 atom stereocenters. The van der Waals surface area contributed by atoms with Crippen molar-refractivity contribution in [2.45, 2.75) is 20.0 Å². The van der Waals surface area contributed by atoms with Crippen LogP contribution in [0.25, 0.3) is 0 Å². The van der Waals surface area contributed by atoms with E-state index in [1.54, 1.807) is 0 Å². The number of hydrogen-bond acceptors (Lipinski definition) is 2. The summed E-state index contributed by atoms with van der Waals surface area (Å²) < 4.78 is 27.9. The summed E-state index contributed by atoms with van der Waals surface area (Å²) >= 11 is 6.88. The van der Waals surface area contributed by atoms with Crippen molar-refractivity contribution in [1.82, 2.24) is 9.55 Å². The fraction of sp³-hybridized carbons (Fsp3) is 0.250. The van der Waals surface area contributed by atoms with Gasteiger partial charge < -0.3 is 5.32 Å². The largest absolute Gasteiger partial charge is 0.376 e. The molecule has 0 saturated heterocycles. The lowest BCUT2D eigenvalue weighted by Gasteiger charge is -2.12. The standard InChI is InChI=1S/C12H11Br2F2N3/c1-7-4-8(13)11(9(14)5-7)18-6-10-17-2-3-19(10)12(15)16/h2-5,12,18H,6H2,1H3. The number of benzene rings is 1. The highest BCUT2D eigenvalue weighted by atomic mass is 79.9. The van der Waals surface area contributed by atoms with Gasteiger partial charge in [0.1, 0.15) is 5.82 Å². The Hall–Kier alpha value is -0.950. The first-order valence-electron chi connectivity index (χ1n) is 5.48. The van der Waals surface area contributed by atoms with Crippen LogP contribution in [-0.4, -0.2) is 9.55 Å². The summed E-state index contributed by atoms with van der Waals surface area (Å²) in [5, 5.41) is 3.10. The molecule has 102 valence electrons. The van der Waals surface area contributed by atoms with Gasteiger partial charge in [-0.15, -0.1) is 0 Å². The summed E-state index contributed by atoms with van der Waals surface area (Å²) in [5.74, 6) is 0.286. The second-order valence-corrected chi connectivity index (χ2v) is 5.69. The molecule has 0 spiro atoms. The Morgan fingerprint density at radius 3 is 2.53 bits per heavy atom. The number of imidazole rings is 1. The van der Waals surface area contributed by atoms with Crippen LogP contribution in [0, 0.1) is 6.92 Å². The fourth-order valence-electron chi connectivity index (χ4n) is 1.69.